The number of nitrogens with two attached hydrogens (primary N) is 1. The second-order valence-corrected chi connectivity index (χ2v) is 2.96. The molecule has 5 heteroatoms. The molecular weight excluding hydrogens is 172 g/mol. The number of nitrogens with zero attached hydrogens (tertiary/aromatic N) is 2. The van der Waals surface area contributed by atoms with Crippen molar-refractivity contribution in [1.29, 1.82) is 0 Å². The molecule has 0 radical (unpaired) electrons. The van der Waals surface area contributed by atoms with Crippen molar-refractivity contribution in [2.45, 2.75) is 5.03 Å². The predicted molar refractivity (Wildman–Crippen MR) is 51.4 cm³/mol. The van der Waals surface area contributed by atoms with Crippen LogP contribution in [0.3, 0.4) is 0 Å². The van der Waals surface area contributed by atoms with E-state index in [9.17, 15) is 0 Å². The van der Waals surface area contributed by atoms with Gasteiger partial charge in [0.15, 0.2) is 0 Å². The maximum Gasteiger partial charge on any atom is 0.223 e. The van der Waals surface area contributed by atoms with Crippen molar-refractivity contribution in [1.82, 2.24) is 9.97 Å². The summed E-state index contributed by atoms with van der Waals surface area (Å²) in [4.78, 5) is 8.25. The third-order valence-corrected chi connectivity index (χ3v) is 1.91. The SMILES string of the molecule is CSc1ccnc(NCCN)n1. The minimum atomic E-state index is 0.590. The summed E-state index contributed by atoms with van der Waals surface area (Å²) in [7, 11) is 0. The Kier molecular flexibility index (Phi) is 3.83. The quantitative estimate of drug-likeness (QED) is 0.529. The maximum absolute atomic E-state index is 5.32. The fourth-order valence-electron chi connectivity index (χ4n) is 0.725. The van der Waals surface area contributed by atoms with Crippen molar-refractivity contribution in [2.75, 3.05) is 24.7 Å². The summed E-state index contributed by atoms with van der Waals surface area (Å²) in [6.45, 7) is 1.30. The summed E-state index contributed by atoms with van der Waals surface area (Å²) in [5, 5.41) is 3.97. The van der Waals surface area contributed by atoms with E-state index in [1.54, 1.807) is 18.0 Å². The molecule has 0 spiro atoms. The highest BCUT2D eigenvalue weighted by molar-refractivity contribution is 7.98. The normalized spacial score (nSPS) is 9.83. The van der Waals surface area contributed by atoms with Crippen LogP contribution in [-0.4, -0.2) is 29.3 Å². The zero-order chi connectivity index (χ0) is 8.81. The number of hydrogen-bond acceptors (Lipinski definition) is 5. The summed E-state index contributed by atoms with van der Waals surface area (Å²) < 4.78 is 0. The Balaban J connectivity index is 2.60. The average molecular weight is 184 g/mol. The third-order valence-electron chi connectivity index (χ3n) is 1.27. The number of anilines is 1. The summed E-state index contributed by atoms with van der Waals surface area (Å²) in [5.41, 5.74) is 5.32. The number of thioether (sulfide) groups is 1. The van der Waals surface area contributed by atoms with Gasteiger partial charge in [-0.3, -0.25) is 0 Å². The third kappa shape index (κ3) is 2.67. The molecule has 0 aliphatic carbocycles. The van der Waals surface area contributed by atoms with Gasteiger partial charge in [0.05, 0.1) is 0 Å². The lowest BCUT2D eigenvalue weighted by Gasteiger charge is -2.02. The van der Waals surface area contributed by atoms with Gasteiger partial charge in [-0.05, 0) is 12.3 Å². The Morgan fingerprint density at radius 3 is 3.17 bits per heavy atom. The Hall–Kier alpha value is -0.810. The topological polar surface area (TPSA) is 63.8 Å². The molecule has 1 aromatic heterocycles. The summed E-state index contributed by atoms with van der Waals surface area (Å²) in [6, 6.07) is 1.87. The first-order valence-electron chi connectivity index (χ1n) is 3.68. The van der Waals surface area contributed by atoms with Gasteiger partial charge < -0.3 is 11.1 Å². The van der Waals surface area contributed by atoms with Gasteiger partial charge >= 0.3 is 0 Å². The first-order chi connectivity index (χ1) is 5.86. The van der Waals surface area contributed by atoms with Crippen molar-refractivity contribution in [2.24, 2.45) is 5.73 Å². The van der Waals surface area contributed by atoms with Crippen molar-refractivity contribution >= 4 is 17.7 Å². The molecule has 3 N–H and O–H groups in total. The molecule has 1 aromatic rings. The highest BCUT2D eigenvalue weighted by Crippen LogP contribution is 2.11. The highest BCUT2D eigenvalue weighted by atomic mass is 32.2. The van der Waals surface area contributed by atoms with E-state index in [1.807, 2.05) is 12.3 Å². The number of rotatable bonds is 4. The Labute approximate surface area is 76.0 Å². The van der Waals surface area contributed by atoms with Crippen LogP contribution in [0.2, 0.25) is 0 Å². The van der Waals surface area contributed by atoms with Crippen LogP contribution in [0.15, 0.2) is 17.3 Å². The van der Waals surface area contributed by atoms with Crippen molar-refractivity contribution < 1.29 is 0 Å². The van der Waals surface area contributed by atoms with Crippen molar-refractivity contribution in [3.05, 3.63) is 12.3 Å². The molecule has 66 valence electrons. The molecule has 1 rings (SSSR count). The summed E-state index contributed by atoms with van der Waals surface area (Å²) in [5.74, 6) is 0.646. The smallest absolute Gasteiger partial charge is 0.223 e. The van der Waals surface area contributed by atoms with Gasteiger partial charge in [0.2, 0.25) is 5.95 Å². The van der Waals surface area contributed by atoms with Crippen LogP contribution in [0.25, 0.3) is 0 Å². The molecule has 0 amide bonds. The van der Waals surface area contributed by atoms with Gasteiger partial charge in [0.25, 0.3) is 0 Å². The van der Waals surface area contributed by atoms with Crippen molar-refractivity contribution in [3.8, 4) is 0 Å². The van der Waals surface area contributed by atoms with Gasteiger partial charge in [0.1, 0.15) is 5.03 Å². The lowest BCUT2D eigenvalue weighted by atomic mass is 10.6. The Morgan fingerprint density at radius 1 is 1.67 bits per heavy atom. The minimum Gasteiger partial charge on any atom is -0.353 e. The van der Waals surface area contributed by atoms with E-state index in [4.69, 9.17) is 5.73 Å². The molecule has 0 saturated heterocycles. The second kappa shape index (κ2) is 4.95. The minimum absolute atomic E-state index is 0.590. The number of aromatic nitrogens is 2. The first kappa shape index (κ1) is 9.28. The fourth-order valence-corrected chi connectivity index (χ4v) is 1.10. The van der Waals surface area contributed by atoms with E-state index >= 15 is 0 Å². The second-order valence-electron chi connectivity index (χ2n) is 2.14. The van der Waals surface area contributed by atoms with Crippen LogP contribution in [0.1, 0.15) is 0 Å². The fraction of sp³-hybridized carbons (Fsp3) is 0.429. The average Bonchev–Trinajstić information content (AvgIpc) is 2.15. The standard InChI is InChI=1S/C7H12N4S/c1-12-6-2-4-9-7(11-6)10-5-3-8/h2,4H,3,5,8H2,1H3,(H,9,10,11). The maximum atomic E-state index is 5.32. The van der Waals surface area contributed by atoms with Gasteiger partial charge in [0, 0.05) is 19.3 Å². The Bertz CT molecular complexity index is 241. The summed E-state index contributed by atoms with van der Waals surface area (Å²) in [6.07, 6.45) is 3.72. The molecule has 0 unspecified atom stereocenters. The van der Waals surface area contributed by atoms with Crippen LogP contribution < -0.4 is 11.1 Å². The largest absolute Gasteiger partial charge is 0.353 e. The molecule has 0 atom stereocenters. The van der Waals surface area contributed by atoms with Crippen LogP contribution >= 0.6 is 11.8 Å². The van der Waals surface area contributed by atoms with Crippen LogP contribution in [0, 0.1) is 0 Å². The molecule has 0 aromatic carbocycles. The van der Waals surface area contributed by atoms with Gasteiger partial charge in [-0.1, -0.05) is 0 Å². The zero-order valence-electron chi connectivity index (χ0n) is 6.95. The van der Waals surface area contributed by atoms with Crippen LogP contribution in [-0.2, 0) is 0 Å². The van der Waals surface area contributed by atoms with E-state index in [-0.39, 0.29) is 0 Å². The highest BCUT2D eigenvalue weighted by Gasteiger charge is 1.95. The molecule has 0 aliphatic heterocycles. The molecule has 12 heavy (non-hydrogen) atoms. The molecule has 0 bridgehead atoms. The number of nitrogens with one attached hydrogen (secondary N) is 1. The molecule has 0 saturated carbocycles. The number of hydrogen-bond donors (Lipinski definition) is 2. The van der Waals surface area contributed by atoms with E-state index in [2.05, 4.69) is 15.3 Å². The summed E-state index contributed by atoms with van der Waals surface area (Å²) >= 11 is 1.59. The predicted octanol–water partition coefficient (Wildman–Crippen LogP) is 0.569. The lowest BCUT2D eigenvalue weighted by molar-refractivity contribution is 0.964. The van der Waals surface area contributed by atoms with Crippen LogP contribution in [0.4, 0.5) is 5.95 Å². The zero-order valence-corrected chi connectivity index (χ0v) is 7.77. The molecule has 1 heterocycles. The van der Waals surface area contributed by atoms with Crippen molar-refractivity contribution in [3.63, 3.8) is 0 Å². The molecule has 0 aliphatic rings. The molecule has 4 nitrogen and oxygen atoms in total. The molecular formula is C7H12N4S. The lowest BCUT2D eigenvalue weighted by Crippen LogP contribution is -2.14. The van der Waals surface area contributed by atoms with E-state index in [0.717, 1.165) is 5.03 Å². The first-order valence-corrected chi connectivity index (χ1v) is 4.90. The van der Waals surface area contributed by atoms with E-state index < -0.39 is 0 Å². The van der Waals surface area contributed by atoms with E-state index in [1.165, 1.54) is 0 Å². The monoisotopic (exact) mass is 184 g/mol. The molecule has 0 fully saturated rings. The van der Waals surface area contributed by atoms with E-state index in [0.29, 0.717) is 19.0 Å². The Morgan fingerprint density at radius 2 is 2.50 bits per heavy atom. The van der Waals surface area contributed by atoms with Gasteiger partial charge in [-0.15, -0.1) is 11.8 Å². The van der Waals surface area contributed by atoms with Gasteiger partial charge in [-0.25, -0.2) is 9.97 Å². The van der Waals surface area contributed by atoms with Crippen LogP contribution in [0.5, 0.6) is 0 Å². The van der Waals surface area contributed by atoms with Gasteiger partial charge in [-0.2, -0.15) is 0 Å².